The van der Waals surface area contributed by atoms with Gasteiger partial charge in [0.25, 0.3) is 0 Å². The van der Waals surface area contributed by atoms with Gasteiger partial charge in [0.05, 0.1) is 12.2 Å². The molecule has 0 fully saturated rings. The second-order valence-electron chi connectivity index (χ2n) is 4.36. The fourth-order valence-electron chi connectivity index (χ4n) is 1.54. The Kier molecular flexibility index (Phi) is 4.90. The molecule has 0 bridgehead atoms. The Hall–Kier alpha value is -1.62. The average Bonchev–Trinajstić information content (AvgIpc) is 2.30. The quantitative estimate of drug-likeness (QED) is 0.350. The standard InChI is InChI=1S/C12H20N4O/c1-9(2)16(8-12(13)15-17)7-11-10(3)5-4-6-14-11/h4-6,9,17H,7-8H2,1-3H3,(H2,13,15). The number of nitrogens with two attached hydrogens (primary N) is 1. The SMILES string of the molecule is Cc1cccnc1CN(C/C(N)=N/O)C(C)C. The maximum absolute atomic E-state index is 8.61. The predicted molar refractivity (Wildman–Crippen MR) is 67.9 cm³/mol. The summed E-state index contributed by atoms with van der Waals surface area (Å²) in [7, 11) is 0. The second-order valence-corrected chi connectivity index (χ2v) is 4.36. The molecule has 0 aromatic carbocycles. The third-order valence-electron chi connectivity index (χ3n) is 2.69. The van der Waals surface area contributed by atoms with Gasteiger partial charge in [-0.05, 0) is 32.4 Å². The molecule has 0 aliphatic carbocycles. The Morgan fingerprint density at radius 1 is 1.59 bits per heavy atom. The third-order valence-corrected chi connectivity index (χ3v) is 2.69. The van der Waals surface area contributed by atoms with Crippen LogP contribution in [0.1, 0.15) is 25.1 Å². The molecule has 0 atom stereocenters. The van der Waals surface area contributed by atoms with Crippen LogP contribution in [0.25, 0.3) is 0 Å². The van der Waals surface area contributed by atoms with Crippen molar-refractivity contribution in [2.24, 2.45) is 10.9 Å². The molecule has 1 aromatic heterocycles. The highest BCUT2D eigenvalue weighted by atomic mass is 16.4. The summed E-state index contributed by atoms with van der Waals surface area (Å²) in [6, 6.07) is 4.25. The molecular weight excluding hydrogens is 216 g/mol. The van der Waals surface area contributed by atoms with Gasteiger partial charge in [-0.3, -0.25) is 9.88 Å². The smallest absolute Gasteiger partial charge is 0.153 e. The second kappa shape index (κ2) is 6.20. The molecular formula is C12H20N4O. The fraction of sp³-hybridized carbons (Fsp3) is 0.500. The highest BCUT2D eigenvalue weighted by Gasteiger charge is 2.13. The first kappa shape index (κ1) is 13.4. The van der Waals surface area contributed by atoms with Gasteiger partial charge in [0.15, 0.2) is 5.84 Å². The van der Waals surface area contributed by atoms with Crippen LogP contribution in [0.3, 0.4) is 0 Å². The molecule has 17 heavy (non-hydrogen) atoms. The molecule has 5 heteroatoms. The molecule has 0 aliphatic rings. The maximum atomic E-state index is 8.61. The van der Waals surface area contributed by atoms with Crippen LogP contribution in [0.4, 0.5) is 0 Å². The van der Waals surface area contributed by atoms with Gasteiger partial charge in [-0.2, -0.15) is 0 Å². The minimum atomic E-state index is 0.215. The van der Waals surface area contributed by atoms with E-state index in [-0.39, 0.29) is 5.84 Å². The molecule has 0 saturated heterocycles. The lowest BCUT2D eigenvalue weighted by molar-refractivity contribution is 0.235. The maximum Gasteiger partial charge on any atom is 0.153 e. The normalized spacial score (nSPS) is 12.4. The monoisotopic (exact) mass is 236 g/mol. The van der Waals surface area contributed by atoms with Crippen LogP contribution in [0.15, 0.2) is 23.5 Å². The minimum Gasteiger partial charge on any atom is -0.409 e. The number of rotatable bonds is 5. The van der Waals surface area contributed by atoms with E-state index in [1.54, 1.807) is 6.20 Å². The van der Waals surface area contributed by atoms with Crippen molar-refractivity contribution in [1.29, 1.82) is 0 Å². The molecule has 0 amide bonds. The minimum absolute atomic E-state index is 0.215. The molecule has 5 nitrogen and oxygen atoms in total. The summed E-state index contributed by atoms with van der Waals surface area (Å²) >= 11 is 0. The van der Waals surface area contributed by atoms with E-state index in [4.69, 9.17) is 10.9 Å². The lowest BCUT2D eigenvalue weighted by Gasteiger charge is -2.25. The number of hydrogen-bond donors (Lipinski definition) is 2. The van der Waals surface area contributed by atoms with Gasteiger partial charge in [-0.25, -0.2) is 0 Å². The Balaban J connectivity index is 2.77. The Morgan fingerprint density at radius 2 is 2.29 bits per heavy atom. The van der Waals surface area contributed by atoms with Crippen LogP contribution in [-0.4, -0.2) is 33.5 Å². The van der Waals surface area contributed by atoms with Crippen LogP contribution in [0, 0.1) is 6.92 Å². The van der Waals surface area contributed by atoms with E-state index in [1.807, 2.05) is 19.1 Å². The highest BCUT2D eigenvalue weighted by Crippen LogP contribution is 2.09. The molecule has 0 radical (unpaired) electrons. The van der Waals surface area contributed by atoms with Crippen molar-refractivity contribution >= 4 is 5.84 Å². The number of amidine groups is 1. The largest absolute Gasteiger partial charge is 0.409 e. The van der Waals surface area contributed by atoms with Crippen molar-refractivity contribution < 1.29 is 5.21 Å². The van der Waals surface area contributed by atoms with Crippen molar-refractivity contribution in [2.75, 3.05) is 6.54 Å². The zero-order valence-electron chi connectivity index (χ0n) is 10.6. The zero-order chi connectivity index (χ0) is 12.8. The summed E-state index contributed by atoms with van der Waals surface area (Å²) in [6.07, 6.45) is 1.78. The first-order valence-electron chi connectivity index (χ1n) is 5.65. The number of aryl methyl sites for hydroxylation is 1. The number of pyridine rings is 1. The number of oxime groups is 1. The number of hydrogen-bond acceptors (Lipinski definition) is 4. The predicted octanol–water partition coefficient (Wildman–Crippen LogP) is 1.35. The Labute approximate surface area is 102 Å². The van der Waals surface area contributed by atoms with E-state index in [2.05, 4.69) is 28.9 Å². The third kappa shape index (κ3) is 4.03. The van der Waals surface area contributed by atoms with E-state index >= 15 is 0 Å². The van der Waals surface area contributed by atoms with Gasteiger partial charge in [-0.1, -0.05) is 11.2 Å². The summed E-state index contributed by atoms with van der Waals surface area (Å²) < 4.78 is 0. The van der Waals surface area contributed by atoms with Gasteiger partial charge < -0.3 is 10.9 Å². The summed E-state index contributed by atoms with van der Waals surface area (Å²) in [5.74, 6) is 0.215. The Morgan fingerprint density at radius 3 is 2.82 bits per heavy atom. The summed E-state index contributed by atoms with van der Waals surface area (Å²) in [6.45, 7) is 7.31. The van der Waals surface area contributed by atoms with Gasteiger partial charge in [0, 0.05) is 18.8 Å². The van der Waals surface area contributed by atoms with Crippen LogP contribution in [0.5, 0.6) is 0 Å². The van der Waals surface area contributed by atoms with Gasteiger partial charge in [0.1, 0.15) is 0 Å². The topological polar surface area (TPSA) is 74.7 Å². The van der Waals surface area contributed by atoms with Gasteiger partial charge in [0.2, 0.25) is 0 Å². The molecule has 0 saturated carbocycles. The molecule has 94 valence electrons. The van der Waals surface area contributed by atoms with Crippen molar-refractivity contribution in [3.05, 3.63) is 29.6 Å². The number of nitrogens with zero attached hydrogens (tertiary/aromatic N) is 3. The van der Waals surface area contributed by atoms with E-state index in [0.717, 1.165) is 11.3 Å². The molecule has 0 spiro atoms. The molecule has 1 rings (SSSR count). The average molecular weight is 236 g/mol. The first-order chi connectivity index (χ1) is 8.04. The fourth-order valence-corrected chi connectivity index (χ4v) is 1.54. The number of aromatic nitrogens is 1. The molecule has 0 aliphatic heterocycles. The van der Waals surface area contributed by atoms with Gasteiger partial charge in [-0.15, -0.1) is 0 Å². The Bertz CT molecular complexity index is 390. The van der Waals surface area contributed by atoms with Crippen LogP contribution >= 0.6 is 0 Å². The van der Waals surface area contributed by atoms with Crippen LogP contribution in [-0.2, 0) is 6.54 Å². The van der Waals surface area contributed by atoms with Crippen molar-refractivity contribution in [3.8, 4) is 0 Å². The summed E-state index contributed by atoms with van der Waals surface area (Å²) in [5, 5.41) is 11.6. The molecule has 3 N–H and O–H groups in total. The van der Waals surface area contributed by atoms with Crippen LogP contribution < -0.4 is 5.73 Å². The van der Waals surface area contributed by atoms with Crippen molar-refractivity contribution in [1.82, 2.24) is 9.88 Å². The summed E-state index contributed by atoms with van der Waals surface area (Å²) in [5.41, 5.74) is 7.71. The lowest BCUT2D eigenvalue weighted by atomic mass is 10.2. The summed E-state index contributed by atoms with van der Waals surface area (Å²) in [4.78, 5) is 6.45. The molecule has 1 aromatic rings. The van der Waals surface area contributed by atoms with Crippen molar-refractivity contribution in [3.63, 3.8) is 0 Å². The zero-order valence-corrected chi connectivity index (χ0v) is 10.6. The van der Waals surface area contributed by atoms with E-state index in [1.165, 1.54) is 0 Å². The highest BCUT2D eigenvalue weighted by molar-refractivity contribution is 5.81. The first-order valence-corrected chi connectivity index (χ1v) is 5.65. The molecule has 0 unspecified atom stereocenters. The lowest BCUT2D eigenvalue weighted by Crippen LogP contribution is -2.38. The van der Waals surface area contributed by atoms with E-state index in [9.17, 15) is 0 Å². The van der Waals surface area contributed by atoms with E-state index < -0.39 is 0 Å². The van der Waals surface area contributed by atoms with Gasteiger partial charge >= 0.3 is 0 Å². The van der Waals surface area contributed by atoms with E-state index in [0.29, 0.717) is 19.1 Å². The van der Waals surface area contributed by atoms with Crippen LogP contribution in [0.2, 0.25) is 0 Å². The molecule has 1 heterocycles. The van der Waals surface area contributed by atoms with Crippen molar-refractivity contribution in [2.45, 2.75) is 33.4 Å².